The van der Waals surface area contributed by atoms with Gasteiger partial charge in [-0.2, -0.15) is 0 Å². The van der Waals surface area contributed by atoms with Gasteiger partial charge in [-0.25, -0.2) is 0 Å². The summed E-state index contributed by atoms with van der Waals surface area (Å²) in [6.07, 6.45) is 0. The van der Waals surface area contributed by atoms with Gasteiger partial charge in [0.1, 0.15) is 0 Å². The van der Waals surface area contributed by atoms with E-state index in [4.69, 9.17) is 5.73 Å². The van der Waals surface area contributed by atoms with E-state index in [1.165, 1.54) is 0 Å². The highest BCUT2D eigenvalue weighted by Crippen LogP contribution is 2.17. The summed E-state index contributed by atoms with van der Waals surface area (Å²) in [5.41, 5.74) is 7.33. The van der Waals surface area contributed by atoms with E-state index in [2.05, 4.69) is 0 Å². The van der Waals surface area contributed by atoms with Gasteiger partial charge < -0.3 is 5.73 Å². The number of nitrogens with two attached hydrogens (primary N) is 1. The Labute approximate surface area is 84.5 Å². The van der Waals surface area contributed by atoms with Crippen molar-refractivity contribution in [2.45, 2.75) is 19.8 Å². The molecule has 0 saturated heterocycles. The second-order valence-corrected chi connectivity index (χ2v) is 2.98. The molecule has 2 nitrogen and oxygen atoms in total. The number of aryl methyl sites for hydroxylation is 1. The largest absolute Gasteiger partial charge is 0.369 e. The number of rotatable bonds is 2. The summed E-state index contributed by atoms with van der Waals surface area (Å²) in [4.78, 5) is 10.9. The summed E-state index contributed by atoms with van der Waals surface area (Å²) >= 11 is 0. The van der Waals surface area contributed by atoms with E-state index in [1.54, 1.807) is 0 Å². The Bertz CT molecular complexity index is 299. The molecule has 0 heterocycles. The molecular formula is C10H14ClNO. The molecule has 1 unspecified atom stereocenters. The first-order valence-electron chi connectivity index (χ1n) is 3.97. The predicted molar refractivity (Wildman–Crippen MR) is 56.0 cm³/mol. The van der Waals surface area contributed by atoms with Crippen molar-refractivity contribution in [3.8, 4) is 0 Å². The van der Waals surface area contributed by atoms with Crippen LogP contribution in [0.5, 0.6) is 0 Å². The molecule has 0 radical (unpaired) electrons. The maximum Gasteiger partial charge on any atom is 0.224 e. The monoisotopic (exact) mass is 199 g/mol. The lowest BCUT2D eigenvalue weighted by Gasteiger charge is -2.09. The molecule has 0 aromatic heterocycles. The van der Waals surface area contributed by atoms with Crippen molar-refractivity contribution >= 4 is 18.3 Å². The molecule has 72 valence electrons. The molecule has 2 N–H and O–H groups in total. The summed E-state index contributed by atoms with van der Waals surface area (Å²) in [6.45, 7) is 3.80. The van der Waals surface area contributed by atoms with Crippen molar-refractivity contribution in [3.63, 3.8) is 0 Å². The van der Waals surface area contributed by atoms with Gasteiger partial charge in [0.2, 0.25) is 5.91 Å². The third kappa shape index (κ3) is 2.74. The number of primary amides is 1. The summed E-state index contributed by atoms with van der Waals surface area (Å²) in [5.74, 6) is -0.462. The number of benzene rings is 1. The second kappa shape index (κ2) is 4.87. The maximum atomic E-state index is 10.9. The summed E-state index contributed by atoms with van der Waals surface area (Å²) < 4.78 is 0. The molecule has 0 aliphatic rings. The fraction of sp³-hybridized carbons (Fsp3) is 0.300. The SMILES string of the molecule is Cc1ccccc1C(C)C(N)=O.Cl. The first-order valence-corrected chi connectivity index (χ1v) is 3.97. The van der Waals surface area contributed by atoms with Gasteiger partial charge in [-0.3, -0.25) is 4.79 Å². The number of carbonyl (C=O) groups excluding carboxylic acids is 1. The fourth-order valence-corrected chi connectivity index (χ4v) is 1.23. The molecule has 0 aliphatic carbocycles. The number of amides is 1. The Balaban J connectivity index is 0.00000144. The van der Waals surface area contributed by atoms with Crippen LogP contribution in [0.4, 0.5) is 0 Å². The zero-order chi connectivity index (χ0) is 9.14. The molecular weight excluding hydrogens is 186 g/mol. The van der Waals surface area contributed by atoms with Crippen molar-refractivity contribution in [2.75, 3.05) is 0 Å². The minimum Gasteiger partial charge on any atom is -0.369 e. The second-order valence-electron chi connectivity index (χ2n) is 2.98. The van der Waals surface area contributed by atoms with Crippen LogP contribution in [0.2, 0.25) is 0 Å². The minimum atomic E-state index is -0.274. The Morgan fingerprint density at radius 3 is 2.38 bits per heavy atom. The van der Waals surface area contributed by atoms with Gasteiger partial charge in [0.15, 0.2) is 0 Å². The summed E-state index contributed by atoms with van der Waals surface area (Å²) in [5, 5.41) is 0. The Hall–Kier alpha value is -1.02. The van der Waals surface area contributed by atoms with Crippen LogP contribution in [0.25, 0.3) is 0 Å². The Morgan fingerprint density at radius 1 is 1.38 bits per heavy atom. The van der Waals surface area contributed by atoms with Crippen LogP contribution in [0.3, 0.4) is 0 Å². The highest BCUT2D eigenvalue weighted by Gasteiger charge is 2.12. The van der Waals surface area contributed by atoms with E-state index < -0.39 is 0 Å². The smallest absolute Gasteiger partial charge is 0.224 e. The van der Waals surface area contributed by atoms with E-state index in [1.807, 2.05) is 38.1 Å². The topological polar surface area (TPSA) is 43.1 Å². The number of hydrogen-bond acceptors (Lipinski definition) is 1. The third-order valence-corrected chi connectivity index (χ3v) is 2.08. The number of carbonyl (C=O) groups is 1. The molecule has 0 spiro atoms. The lowest BCUT2D eigenvalue weighted by Crippen LogP contribution is -2.19. The Morgan fingerprint density at radius 2 is 1.92 bits per heavy atom. The molecule has 0 saturated carbocycles. The van der Waals surface area contributed by atoms with Crippen LogP contribution in [-0.4, -0.2) is 5.91 Å². The summed E-state index contributed by atoms with van der Waals surface area (Å²) in [7, 11) is 0. The lowest BCUT2D eigenvalue weighted by molar-refractivity contribution is -0.119. The molecule has 1 aromatic rings. The van der Waals surface area contributed by atoms with Crippen molar-refractivity contribution in [1.29, 1.82) is 0 Å². The normalized spacial score (nSPS) is 11.5. The van der Waals surface area contributed by atoms with E-state index in [-0.39, 0.29) is 24.2 Å². The van der Waals surface area contributed by atoms with Crippen LogP contribution in [0.1, 0.15) is 24.0 Å². The van der Waals surface area contributed by atoms with Crippen LogP contribution >= 0.6 is 12.4 Å². The molecule has 1 amide bonds. The van der Waals surface area contributed by atoms with Gasteiger partial charge in [0, 0.05) is 0 Å². The Kier molecular flexibility index (Phi) is 4.49. The van der Waals surface area contributed by atoms with Crippen molar-refractivity contribution in [3.05, 3.63) is 35.4 Å². The number of halogens is 1. The van der Waals surface area contributed by atoms with Crippen molar-refractivity contribution < 1.29 is 4.79 Å². The van der Waals surface area contributed by atoms with Crippen LogP contribution in [0.15, 0.2) is 24.3 Å². The summed E-state index contributed by atoms with van der Waals surface area (Å²) in [6, 6.07) is 7.79. The average Bonchev–Trinajstić information content (AvgIpc) is 2.04. The number of hydrogen-bond donors (Lipinski definition) is 1. The molecule has 0 aliphatic heterocycles. The van der Waals surface area contributed by atoms with Gasteiger partial charge >= 0.3 is 0 Å². The van der Waals surface area contributed by atoms with Gasteiger partial charge in [-0.15, -0.1) is 12.4 Å². The van der Waals surface area contributed by atoms with Gasteiger partial charge in [0.25, 0.3) is 0 Å². The van der Waals surface area contributed by atoms with Gasteiger partial charge in [-0.05, 0) is 25.0 Å². The molecule has 0 bridgehead atoms. The van der Waals surface area contributed by atoms with Crippen molar-refractivity contribution in [2.24, 2.45) is 5.73 Å². The molecule has 1 rings (SSSR count). The van der Waals surface area contributed by atoms with Gasteiger partial charge in [0.05, 0.1) is 5.92 Å². The molecule has 1 atom stereocenters. The standard InChI is InChI=1S/C10H13NO.ClH/c1-7-5-3-4-6-9(7)8(2)10(11)12;/h3-6,8H,1-2H3,(H2,11,12);1H. The third-order valence-electron chi connectivity index (χ3n) is 2.08. The predicted octanol–water partition coefficient (Wildman–Crippen LogP) is 2.01. The van der Waals surface area contributed by atoms with E-state index in [0.717, 1.165) is 11.1 Å². The van der Waals surface area contributed by atoms with E-state index in [9.17, 15) is 4.79 Å². The van der Waals surface area contributed by atoms with Gasteiger partial charge in [-0.1, -0.05) is 24.3 Å². The lowest BCUT2D eigenvalue weighted by atomic mass is 9.96. The zero-order valence-electron chi connectivity index (χ0n) is 7.78. The first kappa shape index (κ1) is 12.0. The zero-order valence-corrected chi connectivity index (χ0v) is 8.60. The van der Waals surface area contributed by atoms with Crippen LogP contribution in [-0.2, 0) is 4.79 Å². The van der Waals surface area contributed by atoms with E-state index in [0.29, 0.717) is 0 Å². The fourth-order valence-electron chi connectivity index (χ4n) is 1.23. The highest BCUT2D eigenvalue weighted by atomic mass is 35.5. The average molecular weight is 200 g/mol. The van der Waals surface area contributed by atoms with Crippen LogP contribution in [0, 0.1) is 6.92 Å². The quantitative estimate of drug-likeness (QED) is 0.778. The van der Waals surface area contributed by atoms with E-state index >= 15 is 0 Å². The molecule has 1 aromatic carbocycles. The molecule has 13 heavy (non-hydrogen) atoms. The molecule has 0 fully saturated rings. The minimum absolute atomic E-state index is 0. The molecule has 3 heteroatoms. The maximum absolute atomic E-state index is 10.9. The highest BCUT2D eigenvalue weighted by molar-refractivity contribution is 5.85. The first-order chi connectivity index (χ1) is 5.63. The van der Waals surface area contributed by atoms with Crippen molar-refractivity contribution in [1.82, 2.24) is 0 Å². The van der Waals surface area contributed by atoms with Crippen LogP contribution < -0.4 is 5.73 Å².